The van der Waals surface area contributed by atoms with Gasteiger partial charge in [0.25, 0.3) is 0 Å². The SMILES string of the molecule is C=CCNC(=O)NC1C2COC(O2)C(N(C)CCc2ccccn2)C1O. The summed E-state index contributed by atoms with van der Waals surface area (Å²) in [6, 6.07) is 4.53. The molecule has 2 fully saturated rings. The third kappa shape index (κ3) is 4.21. The highest BCUT2D eigenvalue weighted by Crippen LogP contribution is 2.31. The summed E-state index contributed by atoms with van der Waals surface area (Å²) in [7, 11) is 1.91. The molecule has 8 heteroatoms. The molecule has 5 unspecified atom stereocenters. The standard InChI is InChI=1S/C18H26N4O4/c1-3-8-20-18(24)21-14-13-11-25-17(26-13)15(16(14)23)22(2)10-7-12-6-4-5-9-19-12/h3-6,9,13-17,23H,1,7-8,10-11H2,2H3,(H2,20,21,24). The first-order chi connectivity index (χ1) is 12.6. The van der Waals surface area contributed by atoms with Gasteiger partial charge in [-0.3, -0.25) is 9.88 Å². The van der Waals surface area contributed by atoms with Gasteiger partial charge >= 0.3 is 6.03 Å². The summed E-state index contributed by atoms with van der Waals surface area (Å²) in [6.07, 6.45) is 2.44. The van der Waals surface area contributed by atoms with Crippen LogP contribution in [0, 0.1) is 0 Å². The number of pyridine rings is 1. The van der Waals surface area contributed by atoms with Crippen LogP contribution in [0.25, 0.3) is 0 Å². The molecule has 26 heavy (non-hydrogen) atoms. The van der Waals surface area contributed by atoms with Crippen molar-refractivity contribution in [3.8, 4) is 0 Å². The fourth-order valence-corrected chi connectivity index (χ4v) is 3.40. The lowest BCUT2D eigenvalue weighted by molar-refractivity contribution is -0.177. The van der Waals surface area contributed by atoms with Gasteiger partial charge in [-0.15, -0.1) is 6.58 Å². The maximum atomic E-state index is 12.0. The summed E-state index contributed by atoms with van der Waals surface area (Å²) in [5, 5.41) is 16.3. The fourth-order valence-electron chi connectivity index (χ4n) is 3.40. The molecule has 2 saturated heterocycles. The number of hydrogen-bond donors (Lipinski definition) is 3. The van der Waals surface area contributed by atoms with Crippen LogP contribution in [0.2, 0.25) is 0 Å². The number of likely N-dealkylation sites (N-methyl/N-ethyl adjacent to an activating group) is 1. The van der Waals surface area contributed by atoms with Gasteiger partial charge in [-0.2, -0.15) is 0 Å². The highest BCUT2D eigenvalue weighted by atomic mass is 16.7. The van der Waals surface area contributed by atoms with Gasteiger partial charge in [0.15, 0.2) is 6.29 Å². The Morgan fingerprint density at radius 3 is 3.12 bits per heavy atom. The van der Waals surface area contributed by atoms with Gasteiger partial charge in [-0.1, -0.05) is 12.1 Å². The van der Waals surface area contributed by atoms with E-state index in [0.717, 1.165) is 12.1 Å². The molecule has 3 N–H and O–H groups in total. The average molecular weight is 362 g/mol. The number of aromatic nitrogens is 1. The Labute approximate surface area is 153 Å². The monoisotopic (exact) mass is 362 g/mol. The Kier molecular flexibility index (Phi) is 6.20. The number of rotatable bonds is 7. The predicted octanol–water partition coefficient (Wildman–Crippen LogP) is -0.106. The number of fused-ring (bicyclic) bond motifs is 2. The second kappa shape index (κ2) is 8.59. The maximum Gasteiger partial charge on any atom is 0.315 e. The van der Waals surface area contributed by atoms with Gasteiger partial charge in [0.05, 0.1) is 24.8 Å². The molecule has 3 rings (SSSR count). The Morgan fingerprint density at radius 1 is 1.54 bits per heavy atom. The summed E-state index contributed by atoms with van der Waals surface area (Å²) in [5.41, 5.74) is 0.981. The van der Waals surface area contributed by atoms with Crippen molar-refractivity contribution in [2.24, 2.45) is 0 Å². The number of amides is 2. The molecule has 2 aliphatic rings. The molecular formula is C18H26N4O4. The van der Waals surface area contributed by atoms with E-state index >= 15 is 0 Å². The molecule has 0 saturated carbocycles. The summed E-state index contributed by atoms with van der Waals surface area (Å²) in [6.45, 7) is 4.95. The minimum absolute atomic E-state index is 0.346. The third-order valence-corrected chi connectivity index (χ3v) is 4.79. The number of nitrogens with one attached hydrogen (secondary N) is 2. The summed E-state index contributed by atoms with van der Waals surface area (Å²) < 4.78 is 11.6. The minimum atomic E-state index is -0.801. The number of hydrogen-bond acceptors (Lipinski definition) is 6. The topological polar surface area (TPSA) is 96.0 Å². The molecule has 2 aliphatic heterocycles. The number of carbonyl (C=O) groups excluding carboxylic acids is 1. The lowest BCUT2D eigenvalue weighted by Crippen LogP contribution is -2.65. The van der Waals surface area contributed by atoms with Crippen LogP contribution in [-0.4, -0.2) is 78.3 Å². The fraction of sp³-hybridized carbons (Fsp3) is 0.556. The lowest BCUT2D eigenvalue weighted by atomic mass is 9.95. The Morgan fingerprint density at radius 2 is 2.38 bits per heavy atom. The van der Waals surface area contributed by atoms with Crippen LogP contribution in [0.5, 0.6) is 0 Å². The molecule has 2 bridgehead atoms. The molecule has 0 aliphatic carbocycles. The van der Waals surface area contributed by atoms with Crippen molar-refractivity contribution in [3.05, 3.63) is 42.7 Å². The highest BCUT2D eigenvalue weighted by molar-refractivity contribution is 5.74. The van der Waals surface area contributed by atoms with Crippen LogP contribution < -0.4 is 10.6 Å². The molecule has 0 radical (unpaired) electrons. The van der Waals surface area contributed by atoms with Gasteiger partial charge in [0, 0.05) is 31.4 Å². The molecule has 1 aromatic heterocycles. The molecule has 5 atom stereocenters. The van der Waals surface area contributed by atoms with Crippen LogP contribution in [0.1, 0.15) is 5.69 Å². The highest BCUT2D eigenvalue weighted by Gasteiger charge is 2.51. The second-order valence-corrected chi connectivity index (χ2v) is 6.58. The number of nitrogens with zero attached hydrogens (tertiary/aromatic N) is 2. The molecule has 0 aromatic carbocycles. The van der Waals surface area contributed by atoms with Crippen molar-refractivity contribution < 1.29 is 19.4 Å². The van der Waals surface area contributed by atoms with Crippen LogP contribution in [0.15, 0.2) is 37.1 Å². The predicted molar refractivity (Wildman–Crippen MR) is 95.5 cm³/mol. The molecular weight excluding hydrogens is 336 g/mol. The summed E-state index contributed by atoms with van der Waals surface area (Å²) >= 11 is 0. The van der Waals surface area contributed by atoms with E-state index in [9.17, 15) is 9.90 Å². The number of ether oxygens (including phenoxy) is 2. The molecule has 3 heterocycles. The van der Waals surface area contributed by atoms with Crippen molar-refractivity contribution in [1.82, 2.24) is 20.5 Å². The third-order valence-electron chi connectivity index (χ3n) is 4.79. The van der Waals surface area contributed by atoms with Crippen molar-refractivity contribution in [1.29, 1.82) is 0 Å². The van der Waals surface area contributed by atoms with Crippen molar-refractivity contribution >= 4 is 6.03 Å². The second-order valence-electron chi connectivity index (χ2n) is 6.58. The smallest absolute Gasteiger partial charge is 0.315 e. The Hall–Kier alpha value is -2.00. The van der Waals surface area contributed by atoms with Crippen LogP contribution in [0.3, 0.4) is 0 Å². The number of aliphatic hydroxyl groups is 1. The van der Waals surface area contributed by atoms with Crippen molar-refractivity contribution in [2.75, 3.05) is 26.7 Å². The van der Waals surface area contributed by atoms with E-state index in [2.05, 4.69) is 22.2 Å². The molecule has 142 valence electrons. The van der Waals surface area contributed by atoms with Gasteiger partial charge < -0.3 is 25.2 Å². The molecule has 1 aromatic rings. The summed E-state index contributed by atoms with van der Waals surface area (Å²) in [5.74, 6) is 0. The van der Waals surface area contributed by atoms with Gasteiger partial charge in [0.2, 0.25) is 0 Å². The quantitative estimate of drug-likeness (QED) is 0.586. The first-order valence-corrected chi connectivity index (χ1v) is 8.80. The zero-order chi connectivity index (χ0) is 18.5. The molecule has 0 spiro atoms. The number of carbonyl (C=O) groups is 1. The number of aliphatic hydroxyl groups excluding tert-OH is 1. The zero-order valence-corrected chi connectivity index (χ0v) is 14.9. The van der Waals surface area contributed by atoms with E-state index in [1.807, 2.05) is 30.1 Å². The Balaban J connectivity index is 1.62. The molecule has 8 nitrogen and oxygen atoms in total. The van der Waals surface area contributed by atoms with Crippen molar-refractivity contribution in [3.63, 3.8) is 0 Å². The number of urea groups is 1. The van der Waals surface area contributed by atoms with Crippen molar-refractivity contribution in [2.45, 2.75) is 37.0 Å². The summed E-state index contributed by atoms with van der Waals surface area (Å²) in [4.78, 5) is 18.3. The zero-order valence-electron chi connectivity index (χ0n) is 14.9. The van der Waals surface area contributed by atoms with E-state index in [1.165, 1.54) is 0 Å². The largest absolute Gasteiger partial charge is 0.389 e. The van der Waals surface area contributed by atoms with E-state index < -0.39 is 18.4 Å². The van der Waals surface area contributed by atoms with E-state index in [1.54, 1.807) is 12.3 Å². The lowest BCUT2D eigenvalue weighted by Gasteiger charge is -2.42. The normalized spacial score (nSPS) is 30.2. The van der Waals surface area contributed by atoms with Gasteiger partial charge in [0.1, 0.15) is 6.10 Å². The van der Waals surface area contributed by atoms with Crippen LogP contribution in [-0.2, 0) is 15.9 Å². The van der Waals surface area contributed by atoms with E-state index in [0.29, 0.717) is 19.7 Å². The first kappa shape index (κ1) is 18.8. The van der Waals surface area contributed by atoms with Crippen LogP contribution in [0.4, 0.5) is 4.79 Å². The average Bonchev–Trinajstić information content (AvgIpc) is 3.08. The maximum absolute atomic E-state index is 12.0. The first-order valence-electron chi connectivity index (χ1n) is 8.80. The Bertz CT molecular complexity index is 614. The van der Waals surface area contributed by atoms with Gasteiger partial charge in [-0.05, 0) is 19.2 Å². The molecule has 2 amide bonds. The van der Waals surface area contributed by atoms with E-state index in [-0.39, 0.29) is 18.2 Å². The van der Waals surface area contributed by atoms with Gasteiger partial charge in [-0.25, -0.2) is 4.79 Å². The van der Waals surface area contributed by atoms with Crippen LogP contribution >= 0.6 is 0 Å². The van der Waals surface area contributed by atoms with E-state index in [4.69, 9.17) is 9.47 Å². The minimum Gasteiger partial charge on any atom is -0.389 e.